The molecule has 174 valence electrons. The number of amides is 2. The number of piperidine rings is 1. The van der Waals surface area contributed by atoms with Crippen molar-refractivity contribution in [2.45, 2.75) is 32.2 Å². The van der Waals surface area contributed by atoms with Gasteiger partial charge in [0.05, 0.1) is 0 Å². The largest absolute Gasteiger partial charge is 0.340 e. The normalized spacial score (nSPS) is 19.7. The predicted octanol–water partition coefficient (Wildman–Crippen LogP) is 3.46. The summed E-state index contributed by atoms with van der Waals surface area (Å²) in [7, 11) is 0. The Balaban J connectivity index is 1.18. The Kier molecular flexibility index (Phi) is 8.25. The molecule has 2 fully saturated rings. The van der Waals surface area contributed by atoms with E-state index in [4.69, 9.17) is 0 Å². The summed E-state index contributed by atoms with van der Waals surface area (Å²) in [6.07, 6.45) is 10.5. The zero-order valence-corrected chi connectivity index (χ0v) is 19.3. The van der Waals surface area contributed by atoms with Crippen molar-refractivity contribution in [3.8, 4) is 0 Å². The molecule has 2 saturated heterocycles. The molecule has 0 bridgehead atoms. The molecule has 4 rings (SSSR count). The number of hydrogen-bond donors (Lipinski definition) is 0. The summed E-state index contributed by atoms with van der Waals surface area (Å²) in [5.74, 6) is 0.716. The number of benzene rings is 1. The fourth-order valence-electron chi connectivity index (χ4n) is 4.73. The predicted molar refractivity (Wildman–Crippen MR) is 130 cm³/mol. The van der Waals surface area contributed by atoms with Crippen LogP contribution in [0, 0.1) is 5.92 Å². The number of pyridine rings is 1. The highest BCUT2D eigenvalue weighted by molar-refractivity contribution is 5.91. The molecule has 2 amide bonds. The molecular formula is C27H34N4O2. The van der Waals surface area contributed by atoms with Crippen molar-refractivity contribution >= 4 is 17.9 Å². The van der Waals surface area contributed by atoms with Crippen LogP contribution in [0.1, 0.15) is 36.8 Å². The summed E-state index contributed by atoms with van der Waals surface area (Å²) in [6, 6.07) is 14.3. The zero-order valence-electron chi connectivity index (χ0n) is 19.3. The molecule has 0 saturated carbocycles. The molecule has 0 N–H and O–H groups in total. The third-order valence-electron chi connectivity index (χ3n) is 6.70. The standard InChI is InChI=1S/C27H34N4O2/c32-26(30-19-17-29(18-20-30)21-24-5-2-1-3-6-24)11-9-25-7-4-16-31(22-25)27(33)10-8-23-12-14-28-15-13-23/h1-3,5-6,8,10,12-15,25H,4,7,9,11,16-22H2. The second kappa shape index (κ2) is 11.8. The van der Waals surface area contributed by atoms with Gasteiger partial charge in [0.2, 0.25) is 11.8 Å². The SMILES string of the molecule is O=C(C=Cc1ccncc1)N1CCCC(CCC(=O)N2CCN(Cc3ccccc3)CC2)C1. The molecule has 1 atom stereocenters. The van der Waals surface area contributed by atoms with Gasteiger partial charge in [-0.25, -0.2) is 0 Å². The summed E-state index contributed by atoms with van der Waals surface area (Å²) in [5, 5.41) is 0. The van der Waals surface area contributed by atoms with E-state index in [0.29, 0.717) is 12.3 Å². The molecule has 6 heteroatoms. The lowest BCUT2D eigenvalue weighted by atomic mass is 9.93. The van der Waals surface area contributed by atoms with Gasteiger partial charge in [-0.15, -0.1) is 0 Å². The van der Waals surface area contributed by atoms with Crippen molar-refractivity contribution < 1.29 is 9.59 Å². The summed E-state index contributed by atoms with van der Waals surface area (Å²) in [6.45, 7) is 5.96. The highest BCUT2D eigenvalue weighted by Crippen LogP contribution is 2.22. The van der Waals surface area contributed by atoms with E-state index in [0.717, 1.165) is 70.6 Å². The van der Waals surface area contributed by atoms with Crippen LogP contribution in [0.15, 0.2) is 60.9 Å². The van der Waals surface area contributed by atoms with Gasteiger partial charge in [0.25, 0.3) is 0 Å². The topological polar surface area (TPSA) is 56.8 Å². The molecule has 0 aliphatic carbocycles. The third-order valence-corrected chi connectivity index (χ3v) is 6.70. The van der Waals surface area contributed by atoms with Crippen molar-refractivity contribution in [1.82, 2.24) is 19.7 Å². The number of nitrogens with zero attached hydrogens (tertiary/aromatic N) is 4. The average Bonchev–Trinajstić information content (AvgIpc) is 2.88. The van der Waals surface area contributed by atoms with Gasteiger partial charge < -0.3 is 9.80 Å². The van der Waals surface area contributed by atoms with E-state index in [1.54, 1.807) is 18.5 Å². The minimum absolute atomic E-state index is 0.0531. The van der Waals surface area contributed by atoms with E-state index in [1.165, 1.54) is 5.56 Å². The molecule has 1 unspecified atom stereocenters. The Bertz CT molecular complexity index is 924. The Hall–Kier alpha value is -2.99. The fourth-order valence-corrected chi connectivity index (χ4v) is 4.73. The third kappa shape index (κ3) is 6.99. The van der Waals surface area contributed by atoms with Gasteiger partial charge >= 0.3 is 0 Å². The second-order valence-corrected chi connectivity index (χ2v) is 9.09. The number of hydrogen-bond acceptors (Lipinski definition) is 4. The number of rotatable bonds is 7. The molecule has 6 nitrogen and oxygen atoms in total. The summed E-state index contributed by atoms with van der Waals surface area (Å²) in [5.41, 5.74) is 2.30. The summed E-state index contributed by atoms with van der Waals surface area (Å²) in [4.78, 5) is 35.8. The lowest BCUT2D eigenvalue weighted by Crippen LogP contribution is -2.48. The number of piperazine rings is 1. The number of carbonyl (C=O) groups excluding carboxylic acids is 2. The molecular weight excluding hydrogens is 412 g/mol. The number of likely N-dealkylation sites (tertiary alicyclic amines) is 1. The van der Waals surface area contributed by atoms with Crippen LogP contribution in [0.25, 0.3) is 6.08 Å². The maximum absolute atomic E-state index is 12.8. The molecule has 3 heterocycles. The quantitative estimate of drug-likeness (QED) is 0.612. The second-order valence-electron chi connectivity index (χ2n) is 9.09. The van der Waals surface area contributed by atoms with Crippen LogP contribution in [-0.4, -0.2) is 70.8 Å². The maximum Gasteiger partial charge on any atom is 0.246 e. The van der Waals surface area contributed by atoms with Crippen LogP contribution < -0.4 is 0 Å². The van der Waals surface area contributed by atoms with Gasteiger partial charge in [-0.05, 0) is 54.5 Å². The van der Waals surface area contributed by atoms with Crippen molar-refractivity contribution in [3.63, 3.8) is 0 Å². The number of aromatic nitrogens is 1. The Labute approximate surface area is 196 Å². The van der Waals surface area contributed by atoms with E-state index in [-0.39, 0.29) is 11.8 Å². The maximum atomic E-state index is 12.8. The van der Waals surface area contributed by atoms with E-state index in [1.807, 2.05) is 34.1 Å². The monoisotopic (exact) mass is 446 g/mol. The highest BCUT2D eigenvalue weighted by Gasteiger charge is 2.25. The van der Waals surface area contributed by atoms with E-state index in [9.17, 15) is 9.59 Å². The minimum Gasteiger partial charge on any atom is -0.340 e. The van der Waals surface area contributed by atoms with Gasteiger partial charge in [0.15, 0.2) is 0 Å². The van der Waals surface area contributed by atoms with E-state index < -0.39 is 0 Å². The molecule has 0 radical (unpaired) electrons. The van der Waals surface area contributed by atoms with Crippen LogP contribution in [0.4, 0.5) is 0 Å². The van der Waals surface area contributed by atoms with Gasteiger partial charge in [-0.2, -0.15) is 0 Å². The van der Waals surface area contributed by atoms with Crippen molar-refractivity contribution in [1.29, 1.82) is 0 Å². The highest BCUT2D eigenvalue weighted by atomic mass is 16.2. The zero-order chi connectivity index (χ0) is 22.9. The first-order valence-electron chi connectivity index (χ1n) is 12.1. The molecule has 2 aliphatic heterocycles. The molecule has 0 spiro atoms. The summed E-state index contributed by atoms with van der Waals surface area (Å²) < 4.78 is 0. The molecule has 1 aromatic carbocycles. The first-order chi connectivity index (χ1) is 16.2. The summed E-state index contributed by atoms with van der Waals surface area (Å²) >= 11 is 0. The Morgan fingerprint density at radius 3 is 2.45 bits per heavy atom. The minimum atomic E-state index is 0.0531. The van der Waals surface area contributed by atoms with E-state index >= 15 is 0 Å². The van der Waals surface area contributed by atoms with Gasteiger partial charge in [-0.1, -0.05) is 30.3 Å². The van der Waals surface area contributed by atoms with Crippen LogP contribution in [0.2, 0.25) is 0 Å². The van der Waals surface area contributed by atoms with Gasteiger partial charge in [0, 0.05) is 70.7 Å². The molecule has 2 aromatic rings. The lowest BCUT2D eigenvalue weighted by Gasteiger charge is -2.36. The van der Waals surface area contributed by atoms with Gasteiger partial charge in [0.1, 0.15) is 0 Å². The van der Waals surface area contributed by atoms with Crippen molar-refractivity contribution in [3.05, 3.63) is 72.1 Å². The van der Waals surface area contributed by atoms with Crippen LogP contribution in [0.5, 0.6) is 0 Å². The molecule has 1 aromatic heterocycles. The Morgan fingerprint density at radius 2 is 1.70 bits per heavy atom. The first-order valence-corrected chi connectivity index (χ1v) is 12.1. The lowest BCUT2D eigenvalue weighted by molar-refractivity contribution is -0.133. The molecule has 33 heavy (non-hydrogen) atoms. The van der Waals surface area contributed by atoms with Crippen molar-refractivity contribution in [2.24, 2.45) is 5.92 Å². The Morgan fingerprint density at radius 1 is 0.939 bits per heavy atom. The smallest absolute Gasteiger partial charge is 0.246 e. The van der Waals surface area contributed by atoms with E-state index in [2.05, 4.69) is 34.1 Å². The van der Waals surface area contributed by atoms with Crippen molar-refractivity contribution in [2.75, 3.05) is 39.3 Å². The van der Waals surface area contributed by atoms with Crippen LogP contribution >= 0.6 is 0 Å². The number of carbonyl (C=O) groups is 2. The fraction of sp³-hybridized carbons (Fsp3) is 0.444. The average molecular weight is 447 g/mol. The molecule has 2 aliphatic rings. The first kappa shape index (κ1) is 23.2. The van der Waals surface area contributed by atoms with Crippen LogP contribution in [0.3, 0.4) is 0 Å². The van der Waals surface area contributed by atoms with Gasteiger partial charge in [-0.3, -0.25) is 19.5 Å². The van der Waals surface area contributed by atoms with Crippen LogP contribution in [-0.2, 0) is 16.1 Å².